The van der Waals surface area contributed by atoms with Crippen LogP contribution < -0.4 is 5.32 Å². The molecule has 2 aromatic carbocycles. The molecule has 10 heteroatoms. The number of likely N-dealkylation sites (N-methyl/N-ethyl adjacent to an activating group) is 1. The Balaban J connectivity index is 1.29. The topological polar surface area (TPSA) is 87.2 Å². The first-order valence-electron chi connectivity index (χ1n) is 13.4. The molecule has 0 bridgehead atoms. The summed E-state index contributed by atoms with van der Waals surface area (Å²) in [7, 11) is 1.81. The summed E-state index contributed by atoms with van der Waals surface area (Å²) in [6, 6.07) is 15.7. The summed E-state index contributed by atoms with van der Waals surface area (Å²) in [5.41, 5.74) is 4.19. The van der Waals surface area contributed by atoms with Crippen molar-refractivity contribution >= 4 is 34.5 Å². The van der Waals surface area contributed by atoms with Crippen molar-refractivity contribution in [2.24, 2.45) is 0 Å². The van der Waals surface area contributed by atoms with E-state index in [0.717, 1.165) is 49.5 Å². The van der Waals surface area contributed by atoms with Crippen LogP contribution in [0.5, 0.6) is 0 Å². The number of nitrogens with zero attached hydrogens (tertiary/aromatic N) is 4. The molecule has 0 unspecified atom stereocenters. The van der Waals surface area contributed by atoms with Gasteiger partial charge in [-0.25, -0.2) is 9.78 Å². The highest BCUT2D eigenvalue weighted by Crippen LogP contribution is 2.30. The summed E-state index contributed by atoms with van der Waals surface area (Å²) in [6.45, 7) is 6.94. The molecule has 2 fully saturated rings. The van der Waals surface area contributed by atoms with Crippen LogP contribution in [0, 0.1) is 0 Å². The van der Waals surface area contributed by atoms with Gasteiger partial charge in [0.15, 0.2) is 0 Å². The van der Waals surface area contributed by atoms with Gasteiger partial charge in [0.2, 0.25) is 0 Å². The quantitative estimate of drug-likeness (QED) is 0.450. The van der Waals surface area contributed by atoms with E-state index < -0.39 is 0 Å². The number of amides is 2. The molecule has 0 atom stereocenters. The van der Waals surface area contributed by atoms with Gasteiger partial charge >= 0.3 is 6.09 Å². The number of morpholine rings is 1. The van der Waals surface area contributed by atoms with E-state index in [1.165, 1.54) is 5.56 Å². The number of halogens is 1. The molecule has 5 rings (SSSR count). The average molecular weight is 552 g/mol. The number of carbonyl (C=O) groups excluding carboxylic acids is 2. The Hall–Kier alpha value is -3.24. The van der Waals surface area contributed by atoms with E-state index in [9.17, 15) is 9.59 Å². The van der Waals surface area contributed by atoms with Crippen molar-refractivity contribution in [1.29, 1.82) is 0 Å². The molecule has 206 valence electrons. The summed E-state index contributed by atoms with van der Waals surface area (Å²) >= 11 is 6.67. The molecule has 1 aromatic heterocycles. The number of rotatable bonds is 7. The lowest BCUT2D eigenvalue weighted by Gasteiger charge is -2.34. The van der Waals surface area contributed by atoms with E-state index in [4.69, 9.17) is 26.1 Å². The minimum absolute atomic E-state index is 0.0871. The molecule has 0 radical (unpaired) electrons. The fourth-order valence-corrected chi connectivity index (χ4v) is 5.18. The van der Waals surface area contributed by atoms with Gasteiger partial charge in [0.1, 0.15) is 6.61 Å². The summed E-state index contributed by atoms with van der Waals surface area (Å²) in [4.78, 5) is 36.2. The maximum absolute atomic E-state index is 13.3. The predicted molar refractivity (Wildman–Crippen MR) is 151 cm³/mol. The molecule has 3 heterocycles. The third-order valence-corrected chi connectivity index (χ3v) is 7.45. The van der Waals surface area contributed by atoms with Gasteiger partial charge in [-0.3, -0.25) is 9.69 Å². The fraction of sp³-hybridized carbons (Fsp3) is 0.414. The molecular formula is C29H34ClN5O4. The minimum Gasteiger partial charge on any atom is -0.448 e. The summed E-state index contributed by atoms with van der Waals surface area (Å²) in [6.07, 6.45) is -0.344. The average Bonchev–Trinajstić information content (AvgIpc) is 2.97. The summed E-state index contributed by atoms with van der Waals surface area (Å²) in [5, 5.41) is 4.34. The maximum Gasteiger partial charge on any atom is 0.409 e. The van der Waals surface area contributed by atoms with Gasteiger partial charge < -0.3 is 24.6 Å². The van der Waals surface area contributed by atoms with E-state index in [1.54, 1.807) is 22.9 Å². The van der Waals surface area contributed by atoms with Crippen molar-refractivity contribution in [3.05, 3.63) is 64.7 Å². The van der Waals surface area contributed by atoms with Crippen LogP contribution in [0.2, 0.25) is 5.02 Å². The minimum atomic E-state index is -0.344. The number of ether oxygens (including phenoxy) is 2. The first kappa shape index (κ1) is 27.3. The predicted octanol–water partition coefficient (Wildman–Crippen LogP) is 3.50. The van der Waals surface area contributed by atoms with Gasteiger partial charge in [0.25, 0.3) is 5.91 Å². The van der Waals surface area contributed by atoms with Crippen molar-refractivity contribution < 1.29 is 19.1 Å². The third-order valence-electron chi connectivity index (χ3n) is 7.14. The highest BCUT2D eigenvalue weighted by Gasteiger charge is 2.26. The summed E-state index contributed by atoms with van der Waals surface area (Å²) < 4.78 is 10.7. The van der Waals surface area contributed by atoms with Gasteiger partial charge in [0.05, 0.1) is 29.4 Å². The number of carbonyl (C=O) groups is 2. The number of hydrogen-bond donors (Lipinski definition) is 1. The van der Waals surface area contributed by atoms with Crippen LogP contribution in [0.25, 0.3) is 22.2 Å². The molecule has 0 spiro atoms. The molecule has 39 heavy (non-hydrogen) atoms. The second kappa shape index (κ2) is 12.7. The first-order valence-corrected chi connectivity index (χ1v) is 13.7. The van der Waals surface area contributed by atoms with Crippen LogP contribution >= 0.6 is 11.6 Å². The first-order chi connectivity index (χ1) is 19.0. The Labute approximate surface area is 233 Å². The smallest absolute Gasteiger partial charge is 0.409 e. The Morgan fingerprint density at radius 2 is 1.77 bits per heavy atom. The normalized spacial score (nSPS) is 16.5. The lowest BCUT2D eigenvalue weighted by Crippen LogP contribution is -2.50. The standard InChI is InChI=1S/C29H34ClN5O4/c1-31-7-14-39-29(37)35-10-8-34(9-11-35)28(36)23-5-6-24-25(30)19-26(32-27(24)18-23)22-4-2-3-21(17-22)20-33-12-15-38-16-13-33/h2-6,17-19,31H,7-16,20H2,1H3. The zero-order chi connectivity index (χ0) is 27.2. The van der Waals surface area contributed by atoms with Gasteiger partial charge in [0, 0.05) is 68.9 Å². The van der Waals surface area contributed by atoms with Crippen LogP contribution in [0.1, 0.15) is 15.9 Å². The molecule has 2 saturated heterocycles. The van der Waals surface area contributed by atoms with Crippen molar-refractivity contribution in [2.75, 3.05) is 72.7 Å². The molecule has 2 aliphatic heterocycles. The van der Waals surface area contributed by atoms with Crippen LogP contribution in [0.4, 0.5) is 4.79 Å². The highest BCUT2D eigenvalue weighted by atomic mass is 35.5. The van der Waals surface area contributed by atoms with E-state index in [-0.39, 0.29) is 12.0 Å². The van der Waals surface area contributed by atoms with E-state index >= 15 is 0 Å². The molecule has 2 aliphatic rings. The maximum atomic E-state index is 13.3. The largest absolute Gasteiger partial charge is 0.448 e. The molecule has 9 nitrogen and oxygen atoms in total. The van der Waals surface area contributed by atoms with Crippen molar-refractivity contribution in [2.45, 2.75) is 6.54 Å². The van der Waals surface area contributed by atoms with Crippen molar-refractivity contribution in [3.8, 4) is 11.3 Å². The van der Waals surface area contributed by atoms with Gasteiger partial charge in [-0.15, -0.1) is 0 Å². The Morgan fingerprint density at radius 3 is 2.54 bits per heavy atom. The monoisotopic (exact) mass is 551 g/mol. The lowest BCUT2D eigenvalue weighted by molar-refractivity contribution is 0.0342. The zero-order valence-corrected chi connectivity index (χ0v) is 23.0. The van der Waals surface area contributed by atoms with E-state index in [2.05, 4.69) is 22.3 Å². The van der Waals surface area contributed by atoms with Crippen LogP contribution in [-0.2, 0) is 16.0 Å². The molecule has 1 N–H and O–H groups in total. The van der Waals surface area contributed by atoms with Gasteiger partial charge in [-0.1, -0.05) is 35.9 Å². The number of hydrogen-bond acceptors (Lipinski definition) is 7. The number of piperazine rings is 1. The molecule has 0 aliphatic carbocycles. The number of pyridine rings is 1. The van der Waals surface area contributed by atoms with Crippen molar-refractivity contribution in [3.63, 3.8) is 0 Å². The number of nitrogens with one attached hydrogen (secondary N) is 1. The number of fused-ring (bicyclic) bond motifs is 1. The molecule has 0 saturated carbocycles. The second-order valence-electron chi connectivity index (χ2n) is 9.81. The fourth-order valence-electron chi connectivity index (χ4n) is 4.92. The highest BCUT2D eigenvalue weighted by molar-refractivity contribution is 6.35. The second-order valence-corrected chi connectivity index (χ2v) is 10.2. The van der Waals surface area contributed by atoms with Crippen LogP contribution in [0.3, 0.4) is 0 Å². The Bertz CT molecular complexity index is 1320. The van der Waals surface area contributed by atoms with E-state index in [0.29, 0.717) is 55.4 Å². The van der Waals surface area contributed by atoms with Crippen LogP contribution in [0.15, 0.2) is 48.5 Å². The molecule has 3 aromatic rings. The van der Waals surface area contributed by atoms with E-state index in [1.807, 2.05) is 30.3 Å². The Morgan fingerprint density at radius 1 is 1.00 bits per heavy atom. The van der Waals surface area contributed by atoms with Crippen molar-refractivity contribution in [1.82, 2.24) is 25.0 Å². The molecule has 2 amide bonds. The molecular weight excluding hydrogens is 518 g/mol. The third kappa shape index (κ3) is 6.67. The number of aromatic nitrogens is 1. The zero-order valence-electron chi connectivity index (χ0n) is 22.2. The summed E-state index contributed by atoms with van der Waals surface area (Å²) in [5.74, 6) is -0.0871. The lowest BCUT2D eigenvalue weighted by atomic mass is 10.0. The van der Waals surface area contributed by atoms with Gasteiger partial charge in [-0.2, -0.15) is 0 Å². The van der Waals surface area contributed by atoms with Crippen LogP contribution in [-0.4, -0.2) is 104 Å². The SMILES string of the molecule is CNCCOC(=O)N1CCN(C(=O)c2ccc3c(Cl)cc(-c4cccc(CN5CCOCC5)c4)nc3c2)CC1. The number of benzene rings is 2. The Kier molecular flexibility index (Phi) is 8.93. The van der Waals surface area contributed by atoms with Gasteiger partial charge in [-0.05, 0) is 36.9 Å².